The van der Waals surface area contributed by atoms with Gasteiger partial charge in [0, 0.05) is 11.6 Å². The Hall–Kier alpha value is -1.61. The molecule has 130 valence electrons. The Balaban J connectivity index is 1.94. The van der Waals surface area contributed by atoms with E-state index in [0.717, 1.165) is 18.4 Å². The molecule has 3 rings (SSSR count). The van der Waals surface area contributed by atoms with Crippen molar-refractivity contribution < 1.29 is 4.79 Å². The van der Waals surface area contributed by atoms with Gasteiger partial charge in [-0.05, 0) is 87.4 Å². The van der Waals surface area contributed by atoms with Gasteiger partial charge < -0.3 is 10.6 Å². The molecule has 1 spiro atoms. The summed E-state index contributed by atoms with van der Waals surface area (Å²) in [5.74, 6) is -0.323. The summed E-state index contributed by atoms with van der Waals surface area (Å²) in [5, 5.41) is 0. The molecule has 3 heteroatoms. The zero-order chi connectivity index (χ0) is 17.3. The highest BCUT2D eigenvalue weighted by molar-refractivity contribution is 5.98. The summed E-state index contributed by atoms with van der Waals surface area (Å²) in [7, 11) is 4.16. The van der Waals surface area contributed by atoms with Crippen molar-refractivity contribution in [3.8, 4) is 0 Å². The summed E-state index contributed by atoms with van der Waals surface area (Å²) in [6.45, 7) is 2.19. The molecule has 0 heterocycles. The number of amides is 1. The highest BCUT2D eigenvalue weighted by Gasteiger charge is 2.35. The smallest absolute Gasteiger partial charge is 0.249 e. The fourth-order valence-electron chi connectivity index (χ4n) is 4.37. The van der Waals surface area contributed by atoms with Crippen LogP contribution < -0.4 is 5.73 Å². The summed E-state index contributed by atoms with van der Waals surface area (Å²) in [6.07, 6.45) is 11.4. The number of allylic oxidation sites excluding steroid dienone is 2. The fraction of sp³-hybridized carbons (Fsp3) is 0.571. The number of carbonyl (C=O) groups excluding carboxylic acids is 1. The minimum Gasteiger partial charge on any atom is -0.366 e. The van der Waals surface area contributed by atoms with Gasteiger partial charge >= 0.3 is 0 Å². The lowest BCUT2D eigenvalue weighted by atomic mass is 9.72. The number of benzene rings is 1. The third-order valence-corrected chi connectivity index (χ3v) is 6.28. The largest absolute Gasteiger partial charge is 0.366 e. The van der Waals surface area contributed by atoms with Crippen molar-refractivity contribution in [1.29, 1.82) is 0 Å². The maximum atomic E-state index is 11.9. The molecule has 0 aliphatic heterocycles. The Morgan fingerprint density at radius 1 is 1.21 bits per heavy atom. The van der Waals surface area contributed by atoms with E-state index in [9.17, 15) is 4.79 Å². The average Bonchev–Trinajstić information content (AvgIpc) is 3.02. The third-order valence-electron chi connectivity index (χ3n) is 6.28. The molecule has 2 aliphatic rings. The van der Waals surface area contributed by atoms with Crippen LogP contribution in [0.3, 0.4) is 0 Å². The number of nitrogens with two attached hydrogens (primary N) is 1. The Bertz CT molecular complexity index is 654. The van der Waals surface area contributed by atoms with Crippen LogP contribution in [0.4, 0.5) is 0 Å². The summed E-state index contributed by atoms with van der Waals surface area (Å²) >= 11 is 0. The van der Waals surface area contributed by atoms with Crippen LogP contribution in [0.25, 0.3) is 5.57 Å². The summed E-state index contributed by atoms with van der Waals surface area (Å²) < 4.78 is 0. The molecule has 1 amide bonds. The highest BCUT2D eigenvalue weighted by Crippen LogP contribution is 2.50. The van der Waals surface area contributed by atoms with E-state index in [2.05, 4.69) is 38.1 Å². The van der Waals surface area contributed by atoms with Crippen LogP contribution in [0.1, 0.15) is 79.4 Å². The standard InChI is InChI=1S/C21H30N2O/c1-15(23(2)3)17-6-7-18(20(22)24)19(14-17)16-8-12-21(13-9-16)10-4-5-11-21/h6-8,14-15H,4-5,9-13H2,1-3H3,(H2,22,24). The first-order chi connectivity index (χ1) is 11.4. The topological polar surface area (TPSA) is 46.3 Å². The van der Waals surface area contributed by atoms with Gasteiger partial charge in [-0.15, -0.1) is 0 Å². The van der Waals surface area contributed by atoms with E-state index in [1.807, 2.05) is 12.1 Å². The summed E-state index contributed by atoms with van der Waals surface area (Å²) in [5.41, 5.74) is 10.5. The molecule has 3 nitrogen and oxygen atoms in total. The lowest BCUT2D eigenvalue weighted by molar-refractivity contribution is 0.1000. The highest BCUT2D eigenvalue weighted by atomic mass is 16.1. The van der Waals surface area contributed by atoms with Gasteiger partial charge in [0.25, 0.3) is 0 Å². The van der Waals surface area contributed by atoms with Crippen LogP contribution in [0.15, 0.2) is 24.3 Å². The Labute approximate surface area is 145 Å². The quantitative estimate of drug-likeness (QED) is 0.883. The molecule has 0 bridgehead atoms. The van der Waals surface area contributed by atoms with Gasteiger partial charge in [-0.2, -0.15) is 0 Å². The van der Waals surface area contributed by atoms with E-state index >= 15 is 0 Å². The number of rotatable bonds is 4. The second-order valence-corrected chi connectivity index (χ2v) is 7.95. The normalized spacial score (nSPS) is 21.1. The Kier molecular flexibility index (Phi) is 4.82. The van der Waals surface area contributed by atoms with Gasteiger partial charge in [-0.3, -0.25) is 4.79 Å². The first-order valence-electron chi connectivity index (χ1n) is 9.21. The van der Waals surface area contributed by atoms with E-state index in [1.54, 1.807) is 0 Å². The fourth-order valence-corrected chi connectivity index (χ4v) is 4.37. The SMILES string of the molecule is CC(c1ccc(C(N)=O)c(C2=CCC3(CCCC3)CC2)c1)N(C)C. The molecule has 1 atom stereocenters. The van der Waals surface area contributed by atoms with Gasteiger partial charge in [0.05, 0.1) is 0 Å². The predicted octanol–water partition coefficient (Wildman–Crippen LogP) is 4.54. The van der Waals surface area contributed by atoms with Gasteiger partial charge in [0.1, 0.15) is 0 Å². The number of hydrogen-bond donors (Lipinski definition) is 1. The van der Waals surface area contributed by atoms with Crippen molar-refractivity contribution in [3.05, 3.63) is 41.0 Å². The molecule has 1 aromatic carbocycles. The molecular weight excluding hydrogens is 296 g/mol. The number of carbonyl (C=O) groups is 1. The maximum absolute atomic E-state index is 11.9. The minimum atomic E-state index is -0.323. The number of hydrogen-bond acceptors (Lipinski definition) is 2. The van der Waals surface area contributed by atoms with Crippen LogP contribution >= 0.6 is 0 Å². The monoisotopic (exact) mass is 326 g/mol. The van der Waals surface area contributed by atoms with Gasteiger partial charge in [0.15, 0.2) is 0 Å². The molecule has 1 fully saturated rings. The van der Waals surface area contributed by atoms with Crippen molar-refractivity contribution in [1.82, 2.24) is 4.90 Å². The molecule has 24 heavy (non-hydrogen) atoms. The van der Waals surface area contributed by atoms with Gasteiger partial charge in [-0.1, -0.05) is 25.0 Å². The predicted molar refractivity (Wildman–Crippen MR) is 99.8 cm³/mol. The summed E-state index contributed by atoms with van der Waals surface area (Å²) in [4.78, 5) is 14.1. The molecule has 2 N–H and O–H groups in total. The van der Waals surface area contributed by atoms with Crippen LogP contribution in [-0.4, -0.2) is 24.9 Å². The van der Waals surface area contributed by atoms with Crippen molar-refractivity contribution in [2.75, 3.05) is 14.1 Å². The molecule has 0 aromatic heterocycles. The first kappa shape index (κ1) is 17.2. The van der Waals surface area contributed by atoms with Crippen LogP contribution in [0, 0.1) is 5.41 Å². The molecule has 2 aliphatic carbocycles. The van der Waals surface area contributed by atoms with E-state index < -0.39 is 0 Å². The van der Waals surface area contributed by atoms with E-state index in [1.165, 1.54) is 43.2 Å². The lowest BCUT2D eigenvalue weighted by Gasteiger charge is -2.33. The van der Waals surface area contributed by atoms with E-state index in [0.29, 0.717) is 17.0 Å². The number of primary amides is 1. The van der Waals surface area contributed by atoms with Crippen molar-refractivity contribution >= 4 is 11.5 Å². The molecule has 0 radical (unpaired) electrons. The van der Waals surface area contributed by atoms with Gasteiger partial charge in [0.2, 0.25) is 5.91 Å². The van der Waals surface area contributed by atoms with E-state index in [4.69, 9.17) is 5.73 Å². The molecular formula is C21H30N2O. The van der Waals surface area contributed by atoms with Crippen LogP contribution in [0.2, 0.25) is 0 Å². The van der Waals surface area contributed by atoms with Crippen LogP contribution in [-0.2, 0) is 0 Å². The second kappa shape index (κ2) is 6.72. The number of nitrogens with zero attached hydrogens (tertiary/aromatic N) is 1. The Morgan fingerprint density at radius 3 is 2.46 bits per heavy atom. The molecule has 1 saturated carbocycles. The molecule has 0 saturated heterocycles. The van der Waals surface area contributed by atoms with Crippen molar-refractivity contribution in [3.63, 3.8) is 0 Å². The zero-order valence-electron chi connectivity index (χ0n) is 15.3. The van der Waals surface area contributed by atoms with Crippen molar-refractivity contribution in [2.45, 2.75) is 57.9 Å². The Morgan fingerprint density at radius 2 is 1.92 bits per heavy atom. The minimum absolute atomic E-state index is 0.316. The maximum Gasteiger partial charge on any atom is 0.249 e. The van der Waals surface area contributed by atoms with Gasteiger partial charge in [-0.25, -0.2) is 0 Å². The molecule has 1 aromatic rings. The summed E-state index contributed by atoms with van der Waals surface area (Å²) in [6, 6.07) is 6.45. The first-order valence-corrected chi connectivity index (χ1v) is 9.21. The third kappa shape index (κ3) is 3.27. The van der Waals surface area contributed by atoms with Crippen molar-refractivity contribution in [2.24, 2.45) is 11.1 Å². The average molecular weight is 326 g/mol. The molecule has 1 unspecified atom stereocenters. The second-order valence-electron chi connectivity index (χ2n) is 7.95. The van der Waals surface area contributed by atoms with Crippen LogP contribution in [0.5, 0.6) is 0 Å². The van der Waals surface area contributed by atoms with E-state index in [-0.39, 0.29) is 5.91 Å². The zero-order valence-corrected chi connectivity index (χ0v) is 15.3. The lowest BCUT2D eigenvalue weighted by Crippen LogP contribution is -2.21.